The number of hydrogen-bond acceptors (Lipinski definition) is 1. The Morgan fingerprint density at radius 2 is 1.76 bits per heavy atom. The van der Waals surface area contributed by atoms with Crippen molar-refractivity contribution in [1.29, 1.82) is 0 Å². The minimum Gasteiger partial charge on any atom is -0.254 e. The van der Waals surface area contributed by atoms with Gasteiger partial charge >= 0.3 is 6.18 Å². The Hall–Kier alpha value is -0.840. The number of aryl methyl sites for hydroxylation is 3. The van der Waals surface area contributed by atoms with Crippen LogP contribution >= 0.6 is 0 Å². The van der Waals surface area contributed by atoms with Gasteiger partial charge in [0.25, 0.3) is 0 Å². The molecule has 0 radical (unpaired) electrons. The molecule has 0 aliphatic heterocycles. The fraction of sp³-hybridized carbons (Fsp3) is 0.500. The molecule has 0 aliphatic rings. The van der Waals surface area contributed by atoms with Crippen LogP contribution in [0.5, 0.6) is 0 Å². The number of hydrogen-bond donors (Lipinski definition) is 0. The minimum atomic E-state index is -4.39. The molecule has 1 aromatic rings. The lowest BCUT2D eigenvalue weighted by atomic mass is 10.0. The lowest BCUT2D eigenvalue weighted by molar-refractivity contribution is -0.105. The van der Waals surface area contributed by atoms with Crippen molar-refractivity contribution in [2.45, 2.75) is 38.3 Å². The Kier molecular flexibility index (Phi) is 4.36. The summed E-state index contributed by atoms with van der Waals surface area (Å²) >= 11 is 0. The highest BCUT2D eigenvalue weighted by atomic mass is 32.2. The lowest BCUT2D eigenvalue weighted by Gasteiger charge is -2.12. The van der Waals surface area contributed by atoms with Crippen LogP contribution in [0, 0.1) is 13.8 Å². The molecule has 1 aromatic carbocycles. The molecule has 0 amide bonds. The lowest BCUT2D eigenvalue weighted by Crippen LogP contribution is -2.19. The van der Waals surface area contributed by atoms with Gasteiger partial charge in [-0.3, -0.25) is 4.21 Å². The zero-order chi connectivity index (χ0) is 13.2. The van der Waals surface area contributed by atoms with Gasteiger partial charge in [0.05, 0.1) is 10.8 Å². The Labute approximate surface area is 101 Å². The summed E-state index contributed by atoms with van der Waals surface area (Å²) in [5.74, 6) is -1.28. The molecule has 0 heterocycles. The fourth-order valence-corrected chi connectivity index (χ4v) is 2.87. The van der Waals surface area contributed by atoms with Crippen LogP contribution in [0.15, 0.2) is 17.0 Å². The Morgan fingerprint density at radius 3 is 2.24 bits per heavy atom. The monoisotopic (exact) mass is 264 g/mol. The molecule has 0 bridgehead atoms. The fourth-order valence-electron chi connectivity index (χ4n) is 1.73. The third-order valence-corrected chi connectivity index (χ3v) is 4.07. The van der Waals surface area contributed by atoms with Crippen LogP contribution in [0.25, 0.3) is 0 Å². The standard InChI is InChI=1S/C12H15F3OS/c1-4-10-6-11(9(3)5-8(10)2)17(16)7-12(13,14)15/h5-6H,4,7H2,1-3H3. The van der Waals surface area contributed by atoms with E-state index in [9.17, 15) is 17.4 Å². The van der Waals surface area contributed by atoms with Crippen molar-refractivity contribution in [2.24, 2.45) is 0 Å². The van der Waals surface area contributed by atoms with Crippen LogP contribution in [-0.4, -0.2) is 16.1 Å². The maximum atomic E-state index is 12.2. The van der Waals surface area contributed by atoms with Crippen molar-refractivity contribution in [1.82, 2.24) is 0 Å². The second kappa shape index (κ2) is 5.21. The summed E-state index contributed by atoms with van der Waals surface area (Å²) in [6.07, 6.45) is -3.67. The Bertz CT molecular complexity index is 438. The average molecular weight is 264 g/mol. The highest BCUT2D eigenvalue weighted by molar-refractivity contribution is 7.85. The molecule has 0 saturated heterocycles. The van der Waals surface area contributed by atoms with E-state index in [4.69, 9.17) is 0 Å². The van der Waals surface area contributed by atoms with Crippen LogP contribution in [0.2, 0.25) is 0 Å². The summed E-state index contributed by atoms with van der Waals surface area (Å²) in [5, 5.41) is 0. The smallest absolute Gasteiger partial charge is 0.254 e. The van der Waals surface area contributed by atoms with E-state index < -0.39 is 22.7 Å². The summed E-state index contributed by atoms with van der Waals surface area (Å²) in [5.41, 5.74) is 2.63. The second-order valence-corrected chi connectivity index (χ2v) is 5.42. The summed E-state index contributed by atoms with van der Waals surface area (Å²) in [6, 6.07) is 3.43. The molecular weight excluding hydrogens is 249 g/mol. The molecule has 1 nitrogen and oxygen atoms in total. The first-order valence-electron chi connectivity index (χ1n) is 5.30. The topological polar surface area (TPSA) is 17.1 Å². The predicted molar refractivity (Wildman–Crippen MR) is 62.6 cm³/mol. The van der Waals surface area contributed by atoms with Crippen LogP contribution < -0.4 is 0 Å². The zero-order valence-corrected chi connectivity index (χ0v) is 10.8. The maximum Gasteiger partial charge on any atom is 0.400 e. The Balaban J connectivity index is 3.10. The molecule has 0 aromatic heterocycles. The summed E-state index contributed by atoms with van der Waals surface area (Å²) in [4.78, 5) is 0.296. The van der Waals surface area contributed by atoms with E-state index in [1.807, 2.05) is 13.8 Å². The summed E-state index contributed by atoms with van der Waals surface area (Å²) in [6.45, 7) is 5.52. The van der Waals surface area contributed by atoms with Gasteiger partial charge in [-0.1, -0.05) is 13.0 Å². The SMILES string of the molecule is CCc1cc(S(=O)CC(F)(F)F)c(C)cc1C. The van der Waals surface area contributed by atoms with E-state index in [0.29, 0.717) is 10.5 Å². The number of alkyl halides is 3. The summed E-state index contributed by atoms with van der Waals surface area (Å²) in [7, 11) is -2.01. The van der Waals surface area contributed by atoms with Gasteiger partial charge in [0.2, 0.25) is 0 Å². The predicted octanol–water partition coefficient (Wildman–Crippen LogP) is 3.54. The number of rotatable bonds is 3. The van der Waals surface area contributed by atoms with Crippen LogP contribution in [0.1, 0.15) is 23.6 Å². The molecule has 5 heteroatoms. The molecule has 17 heavy (non-hydrogen) atoms. The molecule has 1 atom stereocenters. The van der Waals surface area contributed by atoms with E-state index in [-0.39, 0.29) is 0 Å². The van der Waals surface area contributed by atoms with Crippen molar-refractivity contribution in [3.05, 3.63) is 28.8 Å². The van der Waals surface area contributed by atoms with Crippen molar-refractivity contribution in [3.8, 4) is 0 Å². The van der Waals surface area contributed by atoms with Gasteiger partial charge < -0.3 is 0 Å². The first-order chi connectivity index (χ1) is 7.74. The van der Waals surface area contributed by atoms with Gasteiger partial charge in [0.1, 0.15) is 5.75 Å². The largest absolute Gasteiger partial charge is 0.400 e. The van der Waals surface area contributed by atoms with Gasteiger partial charge in [-0.2, -0.15) is 13.2 Å². The molecular formula is C12H15F3OS. The zero-order valence-electron chi connectivity index (χ0n) is 10.0. The molecule has 0 aliphatic carbocycles. The highest BCUT2D eigenvalue weighted by Crippen LogP contribution is 2.24. The quantitative estimate of drug-likeness (QED) is 0.816. The van der Waals surface area contributed by atoms with Crippen LogP contribution in [-0.2, 0) is 17.2 Å². The van der Waals surface area contributed by atoms with Crippen molar-refractivity contribution in [2.75, 3.05) is 5.75 Å². The maximum absolute atomic E-state index is 12.2. The van der Waals surface area contributed by atoms with E-state index in [1.165, 1.54) is 0 Å². The molecule has 1 rings (SSSR count). The third-order valence-electron chi connectivity index (χ3n) is 2.55. The summed E-state index contributed by atoms with van der Waals surface area (Å²) < 4.78 is 48.2. The first-order valence-corrected chi connectivity index (χ1v) is 6.61. The Morgan fingerprint density at radius 1 is 1.18 bits per heavy atom. The van der Waals surface area contributed by atoms with Gasteiger partial charge in [0.15, 0.2) is 0 Å². The van der Waals surface area contributed by atoms with Gasteiger partial charge in [-0.15, -0.1) is 0 Å². The molecule has 1 unspecified atom stereocenters. The minimum absolute atomic E-state index is 0.296. The van der Waals surface area contributed by atoms with Gasteiger partial charge in [-0.25, -0.2) is 0 Å². The normalized spacial score (nSPS) is 13.8. The molecule has 0 fully saturated rings. The molecule has 0 N–H and O–H groups in total. The molecule has 0 spiro atoms. The number of halogens is 3. The van der Waals surface area contributed by atoms with E-state index in [0.717, 1.165) is 17.5 Å². The van der Waals surface area contributed by atoms with E-state index in [2.05, 4.69) is 0 Å². The van der Waals surface area contributed by atoms with Crippen LogP contribution in [0.3, 0.4) is 0 Å². The molecule has 96 valence electrons. The molecule has 0 saturated carbocycles. The second-order valence-electron chi connectivity index (χ2n) is 4.00. The first kappa shape index (κ1) is 14.2. The average Bonchev–Trinajstić information content (AvgIpc) is 2.14. The van der Waals surface area contributed by atoms with Crippen molar-refractivity contribution >= 4 is 10.8 Å². The van der Waals surface area contributed by atoms with Crippen LogP contribution in [0.4, 0.5) is 13.2 Å². The van der Waals surface area contributed by atoms with E-state index in [1.54, 1.807) is 19.1 Å². The van der Waals surface area contributed by atoms with Gasteiger partial charge in [0, 0.05) is 4.90 Å². The highest BCUT2D eigenvalue weighted by Gasteiger charge is 2.31. The van der Waals surface area contributed by atoms with Crippen molar-refractivity contribution < 1.29 is 17.4 Å². The van der Waals surface area contributed by atoms with Gasteiger partial charge in [-0.05, 0) is 43.0 Å². The third kappa shape index (κ3) is 3.84. The van der Waals surface area contributed by atoms with Crippen molar-refractivity contribution in [3.63, 3.8) is 0 Å². The van der Waals surface area contributed by atoms with E-state index >= 15 is 0 Å². The number of benzene rings is 1.